The van der Waals surface area contributed by atoms with E-state index in [4.69, 9.17) is 0 Å². The Hall–Kier alpha value is -2.36. The molecule has 3 rings (SSSR count). The fourth-order valence-corrected chi connectivity index (χ4v) is 2.39. The maximum Gasteiger partial charge on any atom is 0.207 e. The van der Waals surface area contributed by atoms with Crippen molar-refractivity contribution >= 4 is 16.9 Å². The van der Waals surface area contributed by atoms with E-state index in [1.54, 1.807) is 0 Å². The summed E-state index contributed by atoms with van der Waals surface area (Å²) in [4.78, 5) is 9.09. The van der Waals surface area contributed by atoms with E-state index in [0.29, 0.717) is 0 Å². The van der Waals surface area contributed by atoms with Gasteiger partial charge in [-0.2, -0.15) is 0 Å². The molecule has 0 saturated heterocycles. The molecule has 0 aliphatic rings. The minimum atomic E-state index is 0.887. The maximum absolute atomic E-state index is 4.56. The van der Waals surface area contributed by atoms with E-state index in [1.807, 2.05) is 37.5 Å². The summed E-state index contributed by atoms with van der Waals surface area (Å²) >= 11 is 0. The first-order chi connectivity index (χ1) is 10.3. The second kappa shape index (κ2) is 5.95. The van der Waals surface area contributed by atoms with Gasteiger partial charge in [0.1, 0.15) is 0 Å². The lowest BCUT2D eigenvalue weighted by atomic mass is 10.2. The quantitative estimate of drug-likeness (QED) is 0.720. The summed E-state index contributed by atoms with van der Waals surface area (Å²) < 4.78 is 2.07. The molecule has 0 atom stereocenters. The topological polar surface area (TPSA) is 42.7 Å². The van der Waals surface area contributed by atoms with Crippen LogP contribution in [0.25, 0.3) is 16.6 Å². The first-order valence-electron chi connectivity index (χ1n) is 7.43. The van der Waals surface area contributed by atoms with Crippen LogP contribution in [-0.2, 0) is 0 Å². The Bertz CT molecular complexity index is 745. The van der Waals surface area contributed by atoms with Crippen LogP contribution in [0.3, 0.4) is 0 Å². The first-order valence-corrected chi connectivity index (χ1v) is 7.43. The molecule has 1 N–H and O–H groups in total. The molecular weight excluding hydrogens is 260 g/mol. The smallest absolute Gasteiger partial charge is 0.207 e. The lowest BCUT2D eigenvalue weighted by Crippen LogP contribution is -2.07. The zero-order valence-electron chi connectivity index (χ0n) is 12.5. The molecule has 0 aliphatic carbocycles. The normalized spacial score (nSPS) is 11.0. The van der Waals surface area contributed by atoms with Gasteiger partial charge >= 0.3 is 0 Å². The predicted molar refractivity (Wildman–Crippen MR) is 87.0 cm³/mol. The second-order valence-corrected chi connectivity index (χ2v) is 5.24. The SMILES string of the molecule is CCCCNc1nc(C)cn1-c1cnc2ccccc2c1. The Kier molecular flexibility index (Phi) is 3.86. The van der Waals surface area contributed by atoms with Gasteiger partial charge in [-0.25, -0.2) is 4.98 Å². The first kappa shape index (κ1) is 13.6. The van der Waals surface area contributed by atoms with Crippen LogP contribution < -0.4 is 5.32 Å². The highest BCUT2D eigenvalue weighted by molar-refractivity contribution is 5.80. The van der Waals surface area contributed by atoms with Crippen LogP contribution in [-0.4, -0.2) is 21.1 Å². The highest BCUT2D eigenvalue weighted by Gasteiger charge is 2.08. The number of imidazole rings is 1. The van der Waals surface area contributed by atoms with E-state index in [-0.39, 0.29) is 0 Å². The zero-order valence-corrected chi connectivity index (χ0v) is 12.5. The number of para-hydroxylation sites is 1. The second-order valence-electron chi connectivity index (χ2n) is 5.24. The molecule has 21 heavy (non-hydrogen) atoms. The Balaban J connectivity index is 1.97. The van der Waals surface area contributed by atoms with E-state index in [1.165, 1.54) is 6.42 Å². The van der Waals surface area contributed by atoms with Crippen LogP contribution in [0.1, 0.15) is 25.5 Å². The number of nitrogens with zero attached hydrogens (tertiary/aromatic N) is 3. The van der Waals surface area contributed by atoms with Crippen LogP contribution >= 0.6 is 0 Å². The van der Waals surface area contributed by atoms with Crippen molar-refractivity contribution in [1.29, 1.82) is 0 Å². The third-order valence-electron chi connectivity index (χ3n) is 3.49. The van der Waals surface area contributed by atoms with Crippen molar-refractivity contribution in [3.05, 3.63) is 48.4 Å². The van der Waals surface area contributed by atoms with Crippen molar-refractivity contribution in [3.8, 4) is 5.69 Å². The number of aryl methyl sites for hydroxylation is 1. The number of unbranched alkanes of at least 4 members (excludes halogenated alkanes) is 1. The number of rotatable bonds is 5. The van der Waals surface area contributed by atoms with Gasteiger partial charge < -0.3 is 5.32 Å². The molecule has 0 spiro atoms. The number of hydrogen-bond donors (Lipinski definition) is 1. The van der Waals surface area contributed by atoms with Gasteiger partial charge in [0.25, 0.3) is 0 Å². The molecule has 4 heteroatoms. The van der Waals surface area contributed by atoms with Crippen LogP contribution in [0.2, 0.25) is 0 Å². The third kappa shape index (κ3) is 2.89. The fraction of sp³-hybridized carbons (Fsp3) is 0.294. The summed E-state index contributed by atoms with van der Waals surface area (Å²) in [7, 11) is 0. The molecule has 2 aromatic heterocycles. The summed E-state index contributed by atoms with van der Waals surface area (Å²) in [6, 6.07) is 10.3. The molecule has 2 heterocycles. The van der Waals surface area contributed by atoms with Crippen molar-refractivity contribution in [1.82, 2.24) is 14.5 Å². The standard InChI is InChI=1S/C17H20N4/c1-3-4-9-18-17-20-13(2)12-21(17)15-10-14-7-5-6-8-16(14)19-11-15/h5-8,10-12H,3-4,9H2,1-2H3,(H,18,20). The Labute approximate surface area is 124 Å². The van der Waals surface area contributed by atoms with Gasteiger partial charge in [0.15, 0.2) is 0 Å². The van der Waals surface area contributed by atoms with Gasteiger partial charge in [-0.1, -0.05) is 31.5 Å². The van der Waals surface area contributed by atoms with E-state index in [0.717, 1.165) is 41.2 Å². The zero-order chi connectivity index (χ0) is 14.7. The maximum atomic E-state index is 4.56. The lowest BCUT2D eigenvalue weighted by molar-refractivity contribution is 0.823. The van der Waals surface area contributed by atoms with Gasteiger partial charge in [0.05, 0.1) is 23.1 Å². The third-order valence-corrected chi connectivity index (χ3v) is 3.49. The van der Waals surface area contributed by atoms with E-state index in [2.05, 4.69) is 38.9 Å². The largest absolute Gasteiger partial charge is 0.355 e. The highest BCUT2D eigenvalue weighted by atomic mass is 15.2. The summed E-state index contributed by atoms with van der Waals surface area (Å²) in [6.45, 7) is 5.14. The summed E-state index contributed by atoms with van der Waals surface area (Å²) in [5.41, 5.74) is 3.05. The molecular formula is C17H20N4. The minimum absolute atomic E-state index is 0.887. The Morgan fingerprint density at radius 3 is 2.95 bits per heavy atom. The van der Waals surface area contributed by atoms with Crippen molar-refractivity contribution in [3.63, 3.8) is 0 Å². The molecule has 108 valence electrons. The average molecular weight is 280 g/mol. The number of pyridine rings is 1. The molecule has 3 aromatic rings. The minimum Gasteiger partial charge on any atom is -0.355 e. The molecule has 0 radical (unpaired) electrons. The van der Waals surface area contributed by atoms with Gasteiger partial charge in [-0.15, -0.1) is 0 Å². The molecule has 0 bridgehead atoms. The van der Waals surface area contributed by atoms with Gasteiger partial charge in [0.2, 0.25) is 5.95 Å². The van der Waals surface area contributed by atoms with Crippen LogP contribution in [0.5, 0.6) is 0 Å². The number of nitrogens with one attached hydrogen (secondary N) is 1. The van der Waals surface area contributed by atoms with Crippen LogP contribution in [0.4, 0.5) is 5.95 Å². The molecule has 0 amide bonds. The summed E-state index contributed by atoms with van der Waals surface area (Å²) in [6.07, 6.45) is 6.25. The predicted octanol–water partition coefficient (Wildman–Crippen LogP) is 3.94. The van der Waals surface area contributed by atoms with Crippen molar-refractivity contribution in [2.24, 2.45) is 0 Å². The number of benzene rings is 1. The van der Waals surface area contributed by atoms with Crippen LogP contribution in [0, 0.1) is 6.92 Å². The van der Waals surface area contributed by atoms with Crippen molar-refractivity contribution in [2.45, 2.75) is 26.7 Å². The molecule has 0 fully saturated rings. The van der Waals surface area contributed by atoms with Gasteiger partial charge in [-0.05, 0) is 25.5 Å². The summed E-state index contributed by atoms with van der Waals surface area (Å²) in [5, 5.41) is 4.55. The summed E-state index contributed by atoms with van der Waals surface area (Å²) in [5.74, 6) is 0.887. The van der Waals surface area contributed by atoms with E-state index in [9.17, 15) is 0 Å². The van der Waals surface area contributed by atoms with Crippen LogP contribution in [0.15, 0.2) is 42.7 Å². The Morgan fingerprint density at radius 1 is 1.24 bits per heavy atom. The lowest BCUT2D eigenvalue weighted by Gasteiger charge is -2.10. The number of fused-ring (bicyclic) bond motifs is 1. The average Bonchev–Trinajstić information content (AvgIpc) is 2.88. The Morgan fingerprint density at radius 2 is 2.10 bits per heavy atom. The van der Waals surface area contributed by atoms with Gasteiger partial charge in [0, 0.05) is 18.1 Å². The molecule has 0 aliphatic heterocycles. The van der Waals surface area contributed by atoms with E-state index >= 15 is 0 Å². The molecule has 4 nitrogen and oxygen atoms in total. The monoisotopic (exact) mass is 280 g/mol. The van der Waals surface area contributed by atoms with Crippen molar-refractivity contribution < 1.29 is 0 Å². The van der Waals surface area contributed by atoms with Gasteiger partial charge in [-0.3, -0.25) is 9.55 Å². The highest BCUT2D eigenvalue weighted by Crippen LogP contribution is 2.20. The fourth-order valence-electron chi connectivity index (χ4n) is 2.39. The number of aromatic nitrogens is 3. The van der Waals surface area contributed by atoms with Crippen molar-refractivity contribution in [2.75, 3.05) is 11.9 Å². The number of hydrogen-bond acceptors (Lipinski definition) is 3. The molecule has 1 aromatic carbocycles. The molecule has 0 unspecified atom stereocenters. The molecule has 0 saturated carbocycles. The van der Waals surface area contributed by atoms with E-state index < -0.39 is 0 Å². The number of anilines is 1.